The molecule has 0 spiro atoms. The van der Waals surface area contributed by atoms with Crippen LogP contribution in [-0.4, -0.2) is 13.6 Å². The Labute approximate surface area is 361 Å². The first-order valence-corrected chi connectivity index (χ1v) is 22.5. The van der Waals surface area contributed by atoms with Crippen LogP contribution < -0.4 is 37.0 Å². The number of hydrogen-bond donors (Lipinski definition) is 0. The van der Waals surface area contributed by atoms with E-state index in [4.69, 9.17) is 4.42 Å². The molecule has 0 bridgehead atoms. The van der Waals surface area contributed by atoms with E-state index in [2.05, 4.69) is 200 Å². The van der Waals surface area contributed by atoms with Crippen LogP contribution in [0, 0.1) is 0 Å². The zero-order valence-electron chi connectivity index (χ0n) is 37.2. The number of benzene rings is 7. The average molecular weight is 791 g/mol. The highest BCUT2D eigenvalue weighted by molar-refractivity contribution is 7.03. The monoisotopic (exact) mass is 790 g/mol. The van der Waals surface area contributed by atoms with Crippen LogP contribution in [0.2, 0.25) is 0 Å². The molecule has 0 amide bonds. The summed E-state index contributed by atoms with van der Waals surface area (Å²) in [4.78, 5) is 5.37. The highest BCUT2D eigenvalue weighted by Crippen LogP contribution is 2.52. The van der Waals surface area contributed by atoms with Crippen LogP contribution >= 0.6 is 0 Å². The number of furan rings is 1. The molecule has 0 radical (unpaired) electrons. The SMILES string of the molecule is CC(C)c1ccc2c(c1)B1c3cc(C(C)C)cc4c3N3B(c5cc(C(C)(C)C)ccc5-4)c4cc(C(C)(C)C)ccc4-c4ccc(c1c43)N2c1ccc2oc3ccccc3c2c1. The van der Waals surface area contributed by atoms with Crippen molar-refractivity contribution in [2.24, 2.45) is 0 Å². The minimum absolute atomic E-state index is 0.00875. The van der Waals surface area contributed by atoms with Crippen LogP contribution in [0.1, 0.15) is 103 Å². The number of anilines is 5. The Morgan fingerprint density at radius 2 is 1.11 bits per heavy atom. The molecule has 298 valence electrons. The largest absolute Gasteiger partial charge is 0.456 e. The lowest BCUT2D eigenvalue weighted by atomic mass is 9.30. The number of nitrogens with zero attached hydrogens (tertiary/aromatic N) is 2. The molecular weight excluding hydrogens is 738 g/mol. The molecule has 3 nitrogen and oxygen atoms in total. The fourth-order valence-corrected chi connectivity index (χ4v) is 11.2. The van der Waals surface area contributed by atoms with E-state index >= 15 is 0 Å². The van der Waals surface area contributed by atoms with Crippen molar-refractivity contribution in [2.45, 2.75) is 91.9 Å². The summed E-state index contributed by atoms with van der Waals surface area (Å²) < 4.78 is 6.38. The predicted molar refractivity (Wildman–Crippen MR) is 263 cm³/mol. The van der Waals surface area contributed by atoms with E-state index in [0.717, 1.165) is 27.6 Å². The first kappa shape index (κ1) is 36.9. The minimum atomic E-state index is 0.00875. The van der Waals surface area contributed by atoms with Crippen molar-refractivity contribution in [1.82, 2.24) is 0 Å². The zero-order valence-corrected chi connectivity index (χ0v) is 37.2. The second-order valence-electron chi connectivity index (χ2n) is 21.0. The van der Waals surface area contributed by atoms with Gasteiger partial charge in [0.25, 0.3) is 6.71 Å². The first-order chi connectivity index (χ1) is 29.2. The summed E-state index contributed by atoms with van der Waals surface area (Å²) in [6, 6.07) is 47.4. The van der Waals surface area contributed by atoms with Crippen LogP contribution in [-0.2, 0) is 10.8 Å². The second-order valence-corrected chi connectivity index (χ2v) is 21.0. The van der Waals surface area contributed by atoms with Crippen LogP contribution in [0.15, 0.2) is 126 Å². The van der Waals surface area contributed by atoms with E-state index in [0.29, 0.717) is 11.8 Å². The standard InChI is InChI=1S/C56H52B2N2O/c1-31(2)33-15-22-48-46(26-33)57-47-27-34(32(3)4)25-43-39-20-17-36(56(8,9)10)29-45(39)58-44-28-35(55(5,6)7)16-19-38(44)41-21-23-49(52(57)54(41)60(58)53(43)47)59(48)37-18-24-51-42(30-37)40-13-11-12-14-50(40)61-51/h11-32H,1-10H3. The maximum Gasteiger partial charge on any atom is 0.329 e. The summed E-state index contributed by atoms with van der Waals surface area (Å²) in [5.74, 6) is 0.768. The number of fused-ring (bicyclic) bond motifs is 12. The van der Waals surface area contributed by atoms with Gasteiger partial charge in [-0.05, 0) is 126 Å². The zero-order chi connectivity index (χ0) is 42.0. The lowest BCUT2D eigenvalue weighted by molar-refractivity contribution is 0.590. The predicted octanol–water partition coefficient (Wildman–Crippen LogP) is 11.9. The van der Waals surface area contributed by atoms with Crippen molar-refractivity contribution in [3.63, 3.8) is 0 Å². The first-order valence-electron chi connectivity index (χ1n) is 22.5. The molecule has 7 aromatic carbocycles. The Bertz CT molecular complexity index is 3210. The van der Waals surface area contributed by atoms with Crippen molar-refractivity contribution in [1.29, 1.82) is 0 Å². The maximum absolute atomic E-state index is 6.38. The van der Waals surface area contributed by atoms with Crippen LogP contribution in [0.5, 0.6) is 0 Å². The topological polar surface area (TPSA) is 19.6 Å². The third-order valence-electron chi connectivity index (χ3n) is 14.5. The van der Waals surface area contributed by atoms with Crippen LogP contribution in [0.4, 0.5) is 28.4 Å². The molecule has 0 aliphatic carbocycles. The summed E-state index contributed by atoms with van der Waals surface area (Å²) in [5.41, 5.74) is 26.2. The lowest BCUT2D eigenvalue weighted by Crippen LogP contribution is -2.69. The Hall–Kier alpha value is -5.93. The molecule has 5 heterocycles. The molecule has 1 aromatic heterocycles. The molecule has 5 heteroatoms. The van der Waals surface area contributed by atoms with Gasteiger partial charge in [0, 0.05) is 50.3 Å². The Balaban J connectivity index is 1.23. The van der Waals surface area contributed by atoms with Crippen molar-refractivity contribution in [3.8, 4) is 22.3 Å². The Kier molecular flexibility index (Phi) is 7.46. The van der Waals surface area contributed by atoms with Gasteiger partial charge in [-0.1, -0.05) is 148 Å². The van der Waals surface area contributed by atoms with E-state index in [1.165, 1.54) is 94.6 Å². The van der Waals surface area contributed by atoms with Gasteiger partial charge in [0.2, 0.25) is 0 Å². The van der Waals surface area contributed by atoms with Gasteiger partial charge in [-0.25, -0.2) is 0 Å². The van der Waals surface area contributed by atoms with Gasteiger partial charge in [0.05, 0.1) is 0 Å². The summed E-state index contributed by atoms with van der Waals surface area (Å²) in [5, 5.41) is 2.29. The Morgan fingerprint density at radius 1 is 0.492 bits per heavy atom. The smallest absolute Gasteiger partial charge is 0.329 e. The molecule has 61 heavy (non-hydrogen) atoms. The average Bonchev–Trinajstić information content (AvgIpc) is 3.61. The maximum atomic E-state index is 6.38. The minimum Gasteiger partial charge on any atom is -0.456 e. The number of para-hydroxylation sites is 1. The second kappa shape index (κ2) is 12.3. The van der Waals surface area contributed by atoms with E-state index in [1.807, 2.05) is 0 Å². The van der Waals surface area contributed by atoms with Gasteiger partial charge in [-0.3, -0.25) is 0 Å². The highest BCUT2D eigenvalue weighted by atomic mass is 16.3. The fourth-order valence-electron chi connectivity index (χ4n) is 11.2. The van der Waals surface area contributed by atoms with Crippen LogP contribution in [0.25, 0.3) is 44.2 Å². The molecule has 0 saturated carbocycles. The molecule has 12 rings (SSSR count). The molecule has 4 aliphatic rings. The summed E-state index contributed by atoms with van der Waals surface area (Å²) >= 11 is 0. The molecule has 0 N–H and O–H groups in total. The number of rotatable bonds is 3. The van der Waals surface area contributed by atoms with E-state index in [9.17, 15) is 0 Å². The van der Waals surface area contributed by atoms with Crippen molar-refractivity contribution in [3.05, 3.63) is 144 Å². The van der Waals surface area contributed by atoms with Crippen molar-refractivity contribution in [2.75, 3.05) is 9.71 Å². The molecule has 8 aromatic rings. The normalized spacial score (nSPS) is 14.6. The highest BCUT2D eigenvalue weighted by Gasteiger charge is 2.52. The quantitative estimate of drug-likeness (QED) is 0.166. The van der Waals surface area contributed by atoms with Crippen LogP contribution in [0.3, 0.4) is 0 Å². The van der Waals surface area contributed by atoms with E-state index < -0.39 is 0 Å². The Morgan fingerprint density at radius 3 is 1.80 bits per heavy atom. The molecular formula is C56H52B2N2O. The lowest BCUT2D eigenvalue weighted by Gasteiger charge is -2.52. The molecule has 0 unspecified atom stereocenters. The van der Waals surface area contributed by atoms with E-state index in [1.54, 1.807) is 0 Å². The molecule has 0 atom stereocenters. The summed E-state index contributed by atoms with van der Waals surface area (Å²) in [6.45, 7) is 23.6. The fraction of sp³-hybridized carbons (Fsp3) is 0.250. The van der Waals surface area contributed by atoms with E-state index in [-0.39, 0.29) is 24.4 Å². The van der Waals surface area contributed by atoms with Gasteiger partial charge < -0.3 is 14.1 Å². The molecule has 0 fully saturated rings. The van der Waals surface area contributed by atoms with Gasteiger partial charge in [-0.15, -0.1) is 0 Å². The van der Waals surface area contributed by atoms with Crippen molar-refractivity contribution < 1.29 is 4.42 Å². The van der Waals surface area contributed by atoms with Crippen molar-refractivity contribution >= 4 is 91.2 Å². The van der Waals surface area contributed by atoms with Gasteiger partial charge in [0.15, 0.2) is 0 Å². The molecule has 4 aliphatic heterocycles. The third-order valence-corrected chi connectivity index (χ3v) is 14.5. The van der Waals surface area contributed by atoms with Gasteiger partial charge >= 0.3 is 6.85 Å². The van der Waals surface area contributed by atoms with Gasteiger partial charge in [0.1, 0.15) is 11.2 Å². The summed E-state index contributed by atoms with van der Waals surface area (Å²) in [7, 11) is 0. The molecule has 0 saturated heterocycles. The van der Waals surface area contributed by atoms with Gasteiger partial charge in [-0.2, -0.15) is 0 Å². The number of hydrogen-bond acceptors (Lipinski definition) is 3. The third kappa shape index (κ3) is 5.07. The summed E-state index contributed by atoms with van der Waals surface area (Å²) in [6.07, 6.45) is 0.